The molecule has 0 aliphatic heterocycles. The number of nitrogens with zero attached hydrogens (tertiary/aromatic N) is 1. The van der Waals surface area contributed by atoms with E-state index in [9.17, 15) is 9.90 Å². The van der Waals surface area contributed by atoms with E-state index in [1.807, 2.05) is 6.92 Å². The van der Waals surface area contributed by atoms with Crippen LogP contribution in [0.2, 0.25) is 0 Å². The van der Waals surface area contributed by atoms with Gasteiger partial charge < -0.3 is 10.0 Å². The third-order valence-corrected chi connectivity index (χ3v) is 7.61. The van der Waals surface area contributed by atoms with Crippen LogP contribution in [0.4, 0.5) is 0 Å². The minimum atomic E-state index is -0.653. The number of carbonyl (C=O) groups is 1. The van der Waals surface area contributed by atoms with Crippen LogP contribution in [0.15, 0.2) is 0 Å². The van der Waals surface area contributed by atoms with E-state index in [1.165, 1.54) is 154 Å². The third-order valence-electron chi connectivity index (χ3n) is 7.61. The first-order valence-electron chi connectivity index (χ1n) is 16.1. The van der Waals surface area contributed by atoms with E-state index in [2.05, 4.69) is 18.7 Å². The highest BCUT2D eigenvalue weighted by Gasteiger charge is 2.15. The van der Waals surface area contributed by atoms with E-state index in [1.54, 1.807) is 0 Å². The van der Waals surface area contributed by atoms with Crippen LogP contribution in [0.25, 0.3) is 0 Å². The Morgan fingerprint density at radius 2 is 0.771 bits per heavy atom. The van der Waals surface area contributed by atoms with Gasteiger partial charge in [0.1, 0.15) is 0 Å². The Morgan fingerprint density at radius 1 is 0.514 bits per heavy atom. The van der Waals surface area contributed by atoms with Gasteiger partial charge in [0.25, 0.3) is 0 Å². The largest absolute Gasteiger partial charge is 0.481 e. The summed E-state index contributed by atoms with van der Waals surface area (Å²) in [5.74, 6) is -0.913. The van der Waals surface area contributed by atoms with Crippen molar-refractivity contribution in [2.75, 3.05) is 19.6 Å². The fourth-order valence-corrected chi connectivity index (χ4v) is 5.11. The van der Waals surface area contributed by atoms with Crippen LogP contribution >= 0.6 is 0 Å². The van der Waals surface area contributed by atoms with Crippen LogP contribution < -0.4 is 0 Å². The van der Waals surface area contributed by atoms with Crippen molar-refractivity contribution in [3.8, 4) is 0 Å². The van der Waals surface area contributed by atoms with E-state index in [-0.39, 0.29) is 5.92 Å². The molecule has 0 amide bonds. The summed E-state index contributed by atoms with van der Waals surface area (Å²) in [6.07, 6.45) is 33.0. The topological polar surface area (TPSA) is 40.5 Å². The second kappa shape index (κ2) is 28.0. The summed E-state index contributed by atoms with van der Waals surface area (Å²) in [5, 5.41) is 9.35. The van der Waals surface area contributed by atoms with Crippen molar-refractivity contribution in [3.63, 3.8) is 0 Å². The lowest BCUT2D eigenvalue weighted by atomic mass is 10.0. The van der Waals surface area contributed by atoms with Crippen molar-refractivity contribution in [2.45, 2.75) is 175 Å². The molecule has 35 heavy (non-hydrogen) atoms. The average molecular weight is 496 g/mol. The van der Waals surface area contributed by atoms with Crippen LogP contribution in [-0.2, 0) is 4.79 Å². The van der Waals surface area contributed by atoms with E-state index in [4.69, 9.17) is 0 Å². The molecule has 0 fully saturated rings. The summed E-state index contributed by atoms with van der Waals surface area (Å²) in [6, 6.07) is 0. The molecule has 0 saturated heterocycles. The predicted octanol–water partition coefficient (Wildman–Crippen LogP) is 10.4. The van der Waals surface area contributed by atoms with Crippen molar-refractivity contribution < 1.29 is 9.90 Å². The molecule has 0 aliphatic carbocycles. The highest BCUT2D eigenvalue weighted by molar-refractivity contribution is 5.69. The maximum atomic E-state index is 11.4. The molecule has 1 atom stereocenters. The smallest absolute Gasteiger partial charge is 0.307 e. The zero-order valence-electron chi connectivity index (χ0n) is 24.5. The zero-order valence-corrected chi connectivity index (χ0v) is 24.5. The zero-order chi connectivity index (χ0) is 25.8. The highest BCUT2D eigenvalue weighted by atomic mass is 16.4. The molecule has 0 heterocycles. The van der Waals surface area contributed by atoms with E-state index >= 15 is 0 Å². The maximum Gasteiger partial charge on any atom is 0.307 e. The molecule has 0 saturated carbocycles. The molecule has 0 aromatic rings. The van der Waals surface area contributed by atoms with Crippen LogP contribution in [0.3, 0.4) is 0 Å². The number of carboxylic acids is 1. The Hall–Kier alpha value is -0.570. The Kier molecular flexibility index (Phi) is 27.6. The minimum absolute atomic E-state index is 0.260. The molecular weight excluding hydrogens is 430 g/mol. The molecule has 1 unspecified atom stereocenters. The number of unbranched alkanes of at least 4 members (excludes halogenated alkanes) is 22. The molecule has 0 aromatic carbocycles. The van der Waals surface area contributed by atoms with Gasteiger partial charge in [-0.1, -0.05) is 162 Å². The lowest BCUT2D eigenvalue weighted by molar-refractivity contribution is -0.141. The van der Waals surface area contributed by atoms with Gasteiger partial charge in [0.15, 0.2) is 0 Å². The molecule has 210 valence electrons. The molecule has 3 heteroatoms. The first-order valence-corrected chi connectivity index (χ1v) is 16.1. The van der Waals surface area contributed by atoms with Gasteiger partial charge in [-0.15, -0.1) is 0 Å². The van der Waals surface area contributed by atoms with Gasteiger partial charge in [-0.2, -0.15) is 0 Å². The average Bonchev–Trinajstić information content (AvgIpc) is 2.84. The van der Waals surface area contributed by atoms with Crippen LogP contribution in [0.1, 0.15) is 175 Å². The monoisotopic (exact) mass is 496 g/mol. The maximum absolute atomic E-state index is 11.4. The summed E-state index contributed by atoms with van der Waals surface area (Å²) in [7, 11) is 0. The molecule has 0 bridgehead atoms. The molecule has 0 radical (unpaired) electrons. The molecular formula is C32H65NO2. The molecule has 0 aromatic heterocycles. The third kappa shape index (κ3) is 26.3. The normalized spacial score (nSPS) is 12.5. The minimum Gasteiger partial charge on any atom is -0.481 e. The standard InChI is InChI=1S/C32H65NO2/c1-4-6-8-10-12-14-16-18-20-22-24-26-28-33(30-31(3)32(34)35)29-27-25-23-21-19-17-15-13-11-9-7-5-2/h31H,4-30H2,1-3H3,(H,34,35). The Labute approximate surface area is 221 Å². The van der Waals surface area contributed by atoms with Gasteiger partial charge in [0, 0.05) is 6.54 Å². The van der Waals surface area contributed by atoms with Crippen molar-refractivity contribution >= 4 is 5.97 Å². The Morgan fingerprint density at radius 3 is 1.03 bits per heavy atom. The number of rotatable bonds is 29. The van der Waals surface area contributed by atoms with Gasteiger partial charge in [-0.3, -0.25) is 4.79 Å². The summed E-state index contributed by atoms with van der Waals surface area (Å²) < 4.78 is 0. The van der Waals surface area contributed by atoms with E-state index in [0.29, 0.717) is 6.54 Å². The summed E-state index contributed by atoms with van der Waals surface area (Å²) >= 11 is 0. The summed E-state index contributed by atoms with van der Waals surface area (Å²) in [4.78, 5) is 13.8. The quantitative estimate of drug-likeness (QED) is 0.105. The van der Waals surface area contributed by atoms with Gasteiger partial charge in [0.05, 0.1) is 5.92 Å². The fraction of sp³-hybridized carbons (Fsp3) is 0.969. The van der Waals surface area contributed by atoms with Gasteiger partial charge in [-0.05, 0) is 25.9 Å². The first kappa shape index (κ1) is 34.4. The van der Waals surface area contributed by atoms with Crippen molar-refractivity contribution in [2.24, 2.45) is 5.92 Å². The van der Waals surface area contributed by atoms with Crippen LogP contribution in [0.5, 0.6) is 0 Å². The van der Waals surface area contributed by atoms with Crippen LogP contribution in [-0.4, -0.2) is 35.6 Å². The van der Waals surface area contributed by atoms with Gasteiger partial charge >= 0.3 is 5.97 Å². The highest BCUT2D eigenvalue weighted by Crippen LogP contribution is 2.14. The van der Waals surface area contributed by atoms with Gasteiger partial charge in [-0.25, -0.2) is 0 Å². The number of aliphatic carboxylic acids is 1. The Balaban J connectivity index is 3.74. The summed E-state index contributed by atoms with van der Waals surface area (Å²) in [6.45, 7) is 9.29. The van der Waals surface area contributed by atoms with Crippen LogP contribution in [0, 0.1) is 5.92 Å². The van der Waals surface area contributed by atoms with E-state index in [0.717, 1.165) is 13.1 Å². The summed E-state index contributed by atoms with van der Waals surface area (Å²) in [5.41, 5.74) is 0. The fourth-order valence-electron chi connectivity index (χ4n) is 5.11. The SMILES string of the molecule is CCCCCCCCCCCCCCN(CCCCCCCCCCCCCC)CC(C)C(=O)O. The van der Waals surface area contributed by atoms with E-state index < -0.39 is 5.97 Å². The lowest BCUT2D eigenvalue weighted by Crippen LogP contribution is -2.33. The second-order valence-corrected chi connectivity index (χ2v) is 11.3. The lowest BCUT2D eigenvalue weighted by Gasteiger charge is -2.24. The predicted molar refractivity (Wildman–Crippen MR) is 155 cm³/mol. The van der Waals surface area contributed by atoms with Crippen molar-refractivity contribution in [1.29, 1.82) is 0 Å². The molecule has 0 rings (SSSR count). The number of hydrogen-bond donors (Lipinski definition) is 1. The molecule has 3 nitrogen and oxygen atoms in total. The second-order valence-electron chi connectivity index (χ2n) is 11.3. The molecule has 0 spiro atoms. The number of carboxylic acid groups (broad SMARTS) is 1. The first-order chi connectivity index (χ1) is 17.1. The van der Waals surface area contributed by atoms with Crippen molar-refractivity contribution in [3.05, 3.63) is 0 Å². The molecule has 0 aliphatic rings. The Bertz CT molecular complexity index is 398. The van der Waals surface area contributed by atoms with Gasteiger partial charge in [0.2, 0.25) is 0 Å². The molecule has 1 N–H and O–H groups in total. The number of hydrogen-bond acceptors (Lipinski definition) is 2. The van der Waals surface area contributed by atoms with Crippen molar-refractivity contribution in [1.82, 2.24) is 4.90 Å².